The molecule has 30 heavy (non-hydrogen) atoms. The number of para-hydroxylation sites is 1. The molecule has 1 atom stereocenters. The summed E-state index contributed by atoms with van der Waals surface area (Å²) >= 11 is 4.83. The zero-order valence-electron chi connectivity index (χ0n) is 17.0. The molecule has 8 heteroatoms. The zero-order chi connectivity index (χ0) is 20.8. The van der Waals surface area contributed by atoms with Crippen molar-refractivity contribution in [1.29, 1.82) is 0 Å². The number of fused-ring (bicyclic) bond motifs is 4. The number of carbonyl (C=O) groups excluding carboxylic acids is 1. The molecule has 1 unspecified atom stereocenters. The first kappa shape index (κ1) is 20.2. The number of amides is 1. The Morgan fingerprint density at radius 2 is 2.13 bits per heavy atom. The highest BCUT2D eigenvalue weighted by molar-refractivity contribution is 8.00. The molecular weight excluding hydrogens is 434 g/mol. The molecule has 0 bridgehead atoms. The fourth-order valence-electron chi connectivity index (χ4n) is 4.18. The smallest absolute Gasteiger partial charge is 0.262 e. The number of benzene rings is 1. The van der Waals surface area contributed by atoms with Gasteiger partial charge in [-0.25, -0.2) is 4.98 Å². The van der Waals surface area contributed by atoms with Crippen molar-refractivity contribution >= 4 is 56.7 Å². The van der Waals surface area contributed by atoms with E-state index in [2.05, 4.69) is 13.0 Å². The Kier molecular flexibility index (Phi) is 5.41. The van der Waals surface area contributed by atoms with Crippen LogP contribution in [0.4, 0.5) is 5.69 Å². The van der Waals surface area contributed by atoms with Gasteiger partial charge in [-0.3, -0.25) is 14.2 Å². The molecule has 3 heterocycles. The molecule has 2 aromatic heterocycles. The van der Waals surface area contributed by atoms with Crippen LogP contribution in [0.25, 0.3) is 10.2 Å². The summed E-state index contributed by atoms with van der Waals surface area (Å²) in [4.78, 5) is 36.1. The molecule has 2 aliphatic rings. The number of hydrogen-bond donors (Lipinski definition) is 0. The summed E-state index contributed by atoms with van der Waals surface area (Å²) in [6.07, 6.45) is 4.10. The molecule has 1 aliphatic heterocycles. The molecule has 0 spiro atoms. The minimum atomic E-state index is 0.0136. The summed E-state index contributed by atoms with van der Waals surface area (Å²) in [6.45, 7) is 2.92. The lowest BCUT2D eigenvalue weighted by Gasteiger charge is -2.22. The lowest BCUT2D eigenvalue weighted by Crippen LogP contribution is -2.34. The molecule has 1 aromatic carbocycles. The number of carbonyl (C=O) groups is 1. The Balaban J connectivity index is 1.40. The zero-order valence-corrected chi connectivity index (χ0v) is 19.5. The minimum absolute atomic E-state index is 0.0136. The molecule has 3 aromatic rings. The van der Waals surface area contributed by atoms with E-state index in [4.69, 9.17) is 4.98 Å². The highest BCUT2D eigenvalue weighted by Gasteiger charge is 2.26. The van der Waals surface area contributed by atoms with Gasteiger partial charge in [-0.2, -0.15) is 0 Å². The standard InChI is InChI=1S/C22H23N3O2S3/c1-13-10-11-25(15-7-3-4-8-17(15)29-13)18(26)12-28-22-23-20-19(21(27)24(22)2)14-6-5-9-16(14)30-20/h3-4,7-8,13H,5-6,9-12H2,1-2H3. The van der Waals surface area contributed by atoms with E-state index < -0.39 is 0 Å². The van der Waals surface area contributed by atoms with Crippen LogP contribution in [0.15, 0.2) is 39.1 Å². The van der Waals surface area contributed by atoms with Crippen molar-refractivity contribution in [3.05, 3.63) is 45.1 Å². The van der Waals surface area contributed by atoms with Gasteiger partial charge in [0.05, 0.1) is 16.8 Å². The van der Waals surface area contributed by atoms with Gasteiger partial charge in [0, 0.05) is 28.6 Å². The van der Waals surface area contributed by atoms with E-state index in [0.29, 0.717) is 17.0 Å². The molecule has 0 fully saturated rings. The molecular formula is C22H23N3O2S3. The lowest BCUT2D eigenvalue weighted by molar-refractivity contribution is -0.116. The minimum Gasteiger partial charge on any atom is -0.311 e. The van der Waals surface area contributed by atoms with Gasteiger partial charge in [0.2, 0.25) is 5.91 Å². The predicted molar refractivity (Wildman–Crippen MR) is 126 cm³/mol. The quantitative estimate of drug-likeness (QED) is 0.428. The van der Waals surface area contributed by atoms with Crippen molar-refractivity contribution in [2.45, 2.75) is 47.9 Å². The Morgan fingerprint density at radius 1 is 1.30 bits per heavy atom. The molecule has 1 aliphatic carbocycles. The molecule has 5 rings (SSSR count). The number of rotatable bonds is 3. The maximum Gasteiger partial charge on any atom is 0.262 e. The average Bonchev–Trinajstić information content (AvgIpc) is 3.26. The predicted octanol–water partition coefficient (Wildman–Crippen LogP) is 4.49. The van der Waals surface area contributed by atoms with Crippen LogP contribution in [-0.2, 0) is 24.7 Å². The third kappa shape index (κ3) is 3.48. The van der Waals surface area contributed by atoms with Crippen LogP contribution in [0, 0.1) is 0 Å². The van der Waals surface area contributed by atoms with Crippen molar-refractivity contribution in [3.63, 3.8) is 0 Å². The van der Waals surface area contributed by atoms with Gasteiger partial charge >= 0.3 is 0 Å². The normalized spacial score (nSPS) is 18.3. The average molecular weight is 458 g/mol. The Hall–Kier alpha value is -1.77. The molecule has 1 amide bonds. The van der Waals surface area contributed by atoms with Crippen LogP contribution >= 0.6 is 34.9 Å². The maximum atomic E-state index is 13.2. The molecule has 0 radical (unpaired) electrons. The van der Waals surface area contributed by atoms with Crippen LogP contribution in [0.3, 0.4) is 0 Å². The fraction of sp³-hybridized carbons (Fsp3) is 0.409. The summed E-state index contributed by atoms with van der Waals surface area (Å²) in [5, 5.41) is 1.88. The highest BCUT2D eigenvalue weighted by atomic mass is 32.2. The number of aryl methyl sites for hydroxylation is 2. The van der Waals surface area contributed by atoms with Gasteiger partial charge in [0.15, 0.2) is 5.16 Å². The fourth-order valence-corrected chi connectivity index (χ4v) is 7.45. The lowest BCUT2D eigenvalue weighted by atomic mass is 10.2. The summed E-state index contributed by atoms with van der Waals surface area (Å²) in [5.41, 5.74) is 2.20. The van der Waals surface area contributed by atoms with Crippen LogP contribution in [0.5, 0.6) is 0 Å². The third-order valence-corrected chi connectivity index (χ3v) is 9.21. The van der Waals surface area contributed by atoms with Crippen molar-refractivity contribution in [2.24, 2.45) is 7.05 Å². The molecule has 0 N–H and O–H groups in total. The van der Waals surface area contributed by atoms with Crippen molar-refractivity contribution in [3.8, 4) is 0 Å². The van der Waals surface area contributed by atoms with E-state index in [-0.39, 0.29) is 17.2 Å². The monoisotopic (exact) mass is 457 g/mol. The largest absolute Gasteiger partial charge is 0.311 e. The summed E-state index contributed by atoms with van der Waals surface area (Å²) in [6, 6.07) is 8.12. The molecule has 0 saturated heterocycles. The van der Waals surface area contributed by atoms with Gasteiger partial charge in [-0.05, 0) is 43.4 Å². The van der Waals surface area contributed by atoms with Gasteiger partial charge in [0.1, 0.15) is 4.83 Å². The van der Waals surface area contributed by atoms with E-state index in [0.717, 1.165) is 46.5 Å². The van der Waals surface area contributed by atoms with Gasteiger partial charge < -0.3 is 4.90 Å². The van der Waals surface area contributed by atoms with E-state index >= 15 is 0 Å². The van der Waals surface area contributed by atoms with Gasteiger partial charge in [0.25, 0.3) is 5.56 Å². The van der Waals surface area contributed by atoms with Crippen molar-refractivity contribution < 1.29 is 4.79 Å². The highest BCUT2D eigenvalue weighted by Crippen LogP contribution is 2.38. The first-order valence-corrected chi connectivity index (χ1v) is 12.9. The van der Waals surface area contributed by atoms with Gasteiger partial charge in [-0.15, -0.1) is 23.1 Å². The Labute approximate surface area is 187 Å². The number of anilines is 1. The second-order valence-corrected chi connectivity index (χ2v) is 11.3. The van der Waals surface area contributed by atoms with Crippen LogP contribution in [0.2, 0.25) is 0 Å². The Bertz CT molecular complexity index is 1200. The molecule has 0 saturated carbocycles. The summed E-state index contributed by atoms with van der Waals surface area (Å²) in [5.74, 6) is 0.328. The second-order valence-electron chi connectivity index (χ2n) is 7.81. The van der Waals surface area contributed by atoms with E-state index in [1.165, 1.54) is 22.2 Å². The number of aromatic nitrogens is 2. The van der Waals surface area contributed by atoms with Crippen LogP contribution in [0.1, 0.15) is 30.2 Å². The Morgan fingerprint density at radius 3 is 3.00 bits per heavy atom. The summed E-state index contributed by atoms with van der Waals surface area (Å²) in [7, 11) is 1.76. The third-order valence-electron chi connectivity index (χ3n) is 5.77. The SMILES string of the molecule is CC1CCN(C(=O)CSc2nc3sc4c(c3c(=O)n2C)CCC4)c2ccccc2S1. The molecule has 156 valence electrons. The van der Waals surface area contributed by atoms with E-state index in [1.54, 1.807) is 23.0 Å². The van der Waals surface area contributed by atoms with E-state index in [1.807, 2.05) is 34.9 Å². The first-order chi connectivity index (χ1) is 14.5. The summed E-state index contributed by atoms with van der Waals surface area (Å²) < 4.78 is 1.61. The maximum absolute atomic E-state index is 13.2. The van der Waals surface area contributed by atoms with Crippen LogP contribution in [-0.4, -0.2) is 33.0 Å². The van der Waals surface area contributed by atoms with Crippen LogP contribution < -0.4 is 10.5 Å². The topological polar surface area (TPSA) is 55.2 Å². The van der Waals surface area contributed by atoms with Crippen molar-refractivity contribution in [2.75, 3.05) is 17.2 Å². The number of thiophene rings is 1. The van der Waals surface area contributed by atoms with E-state index in [9.17, 15) is 9.59 Å². The number of nitrogens with zero attached hydrogens (tertiary/aromatic N) is 3. The van der Waals surface area contributed by atoms with Gasteiger partial charge in [-0.1, -0.05) is 30.8 Å². The second kappa shape index (κ2) is 8.05. The first-order valence-electron chi connectivity index (χ1n) is 10.2. The number of thioether (sulfide) groups is 2. The number of hydrogen-bond acceptors (Lipinski definition) is 6. The molecule has 5 nitrogen and oxygen atoms in total. The van der Waals surface area contributed by atoms with Crippen molar-refractivity contribution in [1.82, 2.24) is 9.55 Å².